The van der Waals surface area contributed by atoms with Gasteiger partial charge in [0, 0.05) is 22.8 Å². The van der Waals surface area contributed by atoms with Gasteiger partial charge < -0.3 is 15.0 Å². The highest BCUT2D eigenvalue weighted by atomic mass is 35.5. The van der Waals surface area contributed by atoms with Crippen LogP contribution in [0.15, 0.2) is 23.0 Å². The molecule has 0 fully saturated rings. The average molecular weight is 349 g/mol. The van der Waals surface area contributed by atoms with E-state index in [1.54, 1.807) is 12.1 Å². The summed E-state index contributed by atoms with van der Waals surface area (Å²) < 4.78 is 5.60. The molecule has 0 aliphatic rings. The molecule has 0 atom stereocenters. The summed E-state index contributed by atoms with van der Waals surface area (Å²) in [5.41, 5.74) is 3.76. The maximum absolute atomic E-state index is 12.0. The van der Waals surface area contributed by atoms with Crippen molar-refractivity contribution in [2.24, 2.45) is 0 Å². The average Bonchev–Trinajstić information content (AvgIpc) is 2.44. The molecule has 2 aromatic rings. The molecule has 5 nitrogen and oxygen atoms in total. The highest BCUT2D eigenvalue weighted by Crippen LogP contribution is 2.26. The van der Waals surface area contributed by atoms with Crippen molar-refractivity contribution >= 4 is 17.5 Å². The summed E-state index contributed by atoms with van der Waals surface area (Å²) in [6, 6.07) is 5.45. The van der Waals surface area contributed by atoms with Crippen LogP contribution >= 0.6 is 11.6 Å². The minimum atomic E-state index is -0.289. The quantitative estimate of drug-likeness (QED) is 0.872. The molecule has 0 aliphatic carbocycles. The van der Waals surface area contributed by atoms with Gasteiger partial charge in [-0.2, -0.15) is 0 Å². The number of rotatable bonds is 5. The summed E-state index contributed by atoms with van der Waals surface area (Å²) in [7, 11) is 0. The van der Waals surface area contributed by atoms with E-state index in [9.17, 15) is 9.59 Å². The van der Waals surface area contributed by atoms with Gasteiger partial charge >= 0.3 is 0 Å². The molecule has 0 spiro atoms. The summed E-state index contributed by atoms with van der Waals surface area (Å²) >= 11 is 5.98. The number of carbonyl (C=O) groups excluding carboxylic acids is 1. The van der Waals surface area contributed by atoms with E-state index in [1.807, 2.05) is 33.8 Å². The molecule has 24 heavy (non-hydrogen) atoms. The molecular formula is C18H21ClN2O3. The number of halogens is 1. The number of hydrogen-bond acceptors (Lipinski definition) is 3. The van der Waals surface area contributed by atoms with E-state index in [1.165, 1.54) is 0 Å². The maximum Gasteiger partial charge on any atom is 0.258 e. The van der Waals surface area contributed by atoms with Crippen LogP contribution in [0.4, 0.5) is 0 Å². The summed E-state index contributed by atoms with van der Waals surface area (Å²) in [5.74, 6) is 0.363. The van der Waals surface area contributed by atoms with Crippen molar-refractivity contribution in [1.29, 1.82) is 0 Å². The van der Waals surface area contributed by atoms with Crippen molar-refractivity contribution < 1.29 is 9.53 Å². The minimum absolute atomic E-state index is 0.119. The van der Waals surface area contributed by atoms with E-state index in [-0.39, 0.29) is 24.6 Å². The number of carbonyl (C=O) groups is 1. The third-order valence-corrected chi connectivity index (χ3v) is 3.95. The Morgan fingerprint density at radius 1 is 1.12 bits per heavy atom. The van der Waals surface area contributed by atoms with Crippen molar-refractivity contribution in [3.05, 3.63) is 61.5 Å². The molecule has 128 valence electrons. The second-order valence-corrected chi connectivity index (χ2v) is 6.31. The molecule has 1 aromatic carbocycles. The third kappa shape index (κ3) is 4.38. The van der Waals surface area contributed by atoms with E-state index in [2.05, 4.69) is 10.3 Å². The summed E-state index contributed by atoms with van der Waals surface area (Å²) in [6.45, 7) is 7.47. The van der Waals surface area contributed by atoms with E-state index in [0.717, 1.165) is 22.4 Å². The van der Waals surface area contributed by atoms with Crippen LogP contribution in [-0.2, 0) is 11.3 Å². The van der Waals surface area contributed by atoms with Crippen LogP contribution in [0.1, 0.15) is 27.9 Å². The lowest BCUT2D eigenvalue weighted by molar-refractivity contribution is -0.123. The number of aromatic nitrogens is 1. The van der Waals surface area contributed by atoms with Crippen LogP contribution in [0.5, 0.6) is 5.75 Å². The van der Waals surface area contributed by atoms with Crippen LogP contribution < -0.4 is 15.6 Å². The van der Waals surface area contributed by atoms with Crippen LogP contribution in [0.2, 0.25) is 5.02 Å². The fraction of sp³-hybridized carbons (Fsp3) is 0.333. The second-order valence-electron chi connectivity index (χ2n) is 5.88. The maximum atomic E-state index is 12.0. The molecule has 0 aliphatic heterocycles. The zero-order valence-corrected chi connectivity index (χ0v) is 15.0. The predicted octanol–water partition coefficient (Wildman–Crippen LogP) is 2.96. The van der Waals surface area contributed by atoms with Crippen molar-refractivity contribution in [2.45, 2.75) is 34.2 Å². The highest BCUT2D eigenvalue weighted by molar-refractivity contribution is 6.30. The smallest absolute Gasteiger partial charge is 0.258 e. The van der Waals surface area contributed by atoms with Gasteiger partial charge in [0.1, 0.15) is 5.75 Å². The molecule has 2 rings (SSSR count). The number of nitrogens with one attached hydrogen (secondary N) is 2. The minimum Gasteiger partial charge on any atom is -0.483 e. The van der Waals surface area contributed by atoms with Gasteiger partial charge in [-0.05, 0) is 62.6 Å². The second kappa shape index (κ2) is 7.53. The topological polar surface area (TPSA) is 71.2 Å². The van der Waals surface area contributed by atoms with Gasteiger partial charge in [-0.25, -0.2) is 0 Å². The van der Waals surface area contributed by atoms with Crippen molar-refractivity contribution in [3.8, 4) is 5.75 Å². The van der Waals surface area contributed by atoms with Crippen LogP contribution in [0, 0.1) is 27.7 Å². The van der Waals surface area contributed by atoms with Gasteiger partial charge in [0.25, 0.3) is 11.5 Å². The Balaban J connectivity index is 1.97. The van der Waals surface area contributed by atoms with Crippen LogP contribution in [-0.4, -0.2) is 17.5 Å². The van der Waals surface area contributed by atoms with E-state index >= 15 is 0 Å². The Kier molecular flexibility index (Phi) is 5.67. The third-order valence-electron chi connectivity index (χ3n) is 3.73. The molecule has 0 saturated heterocycles. The summed E-state index contributed by atoms with van der Waals surface area (Å²) in [4.78, 5) is 26.6. The molecule has 0 radical (unpaired) electrons. The van der Waals surface area contributed by atoms with Gasteiger partial charge in [-0.1, -0.05) is 11.6 Å². The molecule has 0 saturated carbocycles. The van der Waals surface area contributed by atoms with Gasteiger partial charge in [0.05, 0.1) is 0 Å². The largest absolute Gasteiger partial charge is 0.483 e. The van der Waals surface area contributed by atoms with Gasteiger partial charge in [-0.3, -0.25) is 9.59 Å². The lowest BCUT2D eigenvalue weighted by Crippen LogP contribution is -2.31. The first-order chi connectivity index (χ1) is 11.3. The number of aryl methyl sites for hydroxylation is 4. The fourth-order valence-corrected chi connectivity index (χ4v) is 2.93. The Bertz CT molecular complexity index is 804. The summed E-state index contributed by atoms with van der Waals surface area (Å²) in [6.07, 6.45) is 0. The molecular weight excluding hydrogens is 328 g/mol. The van der Waals surface area contributed by atoms with Gasteiger partial charge in [0.2, 0.25) is 0 Å². The van der Waals surface area contributed by atoms with E-state index in [4.69, 9.17) is 16.3 Å². The van der Waals surface area contributed by atoms with Gasteiger partial charge in [-0.15, -0.1) is 0 Å². The van der Waals surface area contributed by atoms with Crippen LogP contribution in [0.3, 0.4) is 0 Å². The first kappa shape index (κ1) is 18.1. The van der Waals surface area contributed by atoms with Crippen molar-refractivity contribution in [1.82, 2.24) is 10.3 Å². The lowest BCUT2D eigenvalue weighted by atomic mass is 10.1. The zero-order chi connectivity index (χ0) is 17.9. The Hall–Kier alpha value is -2.27. The van der Waals surface area contributed by atoms with Gasteiger partial charge in [0.15, 0.2) is 6.61 Å². The Morgan fingerprint density at radius 2 is 1.75 bits per heavy atom. The van der Waals surface area contributed by atoms with Crippen LogP contribution in [0.25, 0.3) is 0 Å². The standard InChI is InChI=1S/C18H21ClN2O3/c1-10-5-13(4)21-18(23)15(10)8-20-16(22)9-24-17-11(2)6-14(19)7-12(17)3/h5-7H,8-9H2,1-4H3,(H,20,22)(H,21,23). The van der Waals surface area contributed by atoms with E-state index in [0.29, 0.717) is 16.3 Å². The first-order valence-corrected chi connectivity index (χ1v) is 8.01. The monoisotopic (exact) mass is 348 g/mol. The number of amides is 1. The molecule has 0 unspecified atom stereocenters. The zero-order valence-electron chi connectivity index (χ0n) is 14.2. The molecule has 6 heteroatoms. The molecule has 0 bridgehead atoms. The normalized spacial score (nSPS) is 10.5. The fourth-order valence-electron chi connectivity index (χ4n) is 2.60. The van der Waals surface area contributed by atoms with Crippen molar-refractivity contribution in [3.63, 3.8) is 0 Å². The number of hydrogen-bond donors (Lipinski definition) is 2. The SMILES string of the molecule is Cc1cc(C)c(CNC(=O)COc2c(C)cc(Cl)cc2C)c(=O)[nH]1. The molecule has 2 N–H and O–H groups in total. The number of pyridine rings is 1. The number of H-pyrrole nitrogens is 1. The first-order valence-electron chi connectivity index (χ1n) is 7.63. The van der Waals surface area contributed by atoms with Crippen molar-refractivity contribution in [2.75, 3.05) is 6.61 Å². The number of benzene rings is 1. The number of aromatic amines is 1. The predicted molar refractivity (Wildman–Crippen MR) is 94.8 cm³/mol. The highest BCUT2D eigenvalue weighted by Gasteiger charge is 2.10. The molecule has 1 aromatic heterocycles. The summed E-state index contributed by atoms with van der Waals surface area (Å²) in [5, 5.41) is 3.35. The molecule has 1 amide bonds. The molecule has 1 heterocycles. The van der Waals surface area contributed by atoms with E-state index < -0.39 is 0 Å². The lowest BCUT2D eigenvalue weighted by Gasteiger charge is -2.13. The Morgan fingerprint density at radius 3 is 2.33 bits per heavy atom. The number of ether oxygens (including phenoxy) is 1. The Labute approximate surface area is 146 Å².